The van der Waals surface area contributed by atoms with E-state index < -0.39 is 0 Å². The Labute approximate surface area is 178 Å². The highest BCUT2D eigenvalue weighted by molar-refractivity contribution is 6.09. The average molecular weight is 407 g/mol. The van der Waals surface area contributed by atoms with Crippen LogP contribution in [0.4, 0.5) is 5.69 Å². The summed E-state index contributed by atoms with van der Waals surface area (Å²) in [5, 5.41) is 6.35. The highest BCUT2D eigenvalue weighted by atomic mass is 16.5. The first-order valence-electron chi connectivity index (χ1n) is 10.4. The predicted molar refractivity (Wildman–Crippen MR) is 121 cm³/mol. The third-order valence-corrected chi connectivity index (χ3v) is 5.20. The number of fused-ring (bicyclic) bond motifs is 1. The lowest BCUT2D eigenvalue weighted by molar-refractivity contribution is -0.116. The van der Waals surface area contributed by atoms with Crippen LogP contribution in [-0.4, -0.2) is 24.3 Å². The fourth-order valence-electron chi connectivity index (χ4n) is 3.65. The average Bonchev–Trinajstić information content (AvgIpc) is 2.71. The second-order valence-electron chi connectivity index (χ2n) is 8.36. The quantitative estimate of drug-likeness (QED) is 0.503. The van der Waals surface area contributed by atoms with E-state index in [0.29, 0.717) is 17.7 Å². The smallest absolute Gasteiger partial charge is 0.224 e. The number of carbonyl (C=O) groups excluding carboxylic acids is 2. The minimum absolute atomic E-state index is 0.00256. The van der Waals surface area contributed by atoms with E-state index in [1.165, 1.54) is 5.56 Å². The predicted octanol–water partition coefficient (Wildman–Crippen LogP) is 4.97. The van der Waals surface area contributed by atoms with Crippen molar-refractivity contribution >= 4 is 23.1 Å². The van der Waals surface area contributed by atoms with Crippen molar-refractivity contribution < 1.29 is 14.3 Å². The molecule has 1 heterocycles. The standard InChI is InChI=1S/C25H30N2O3/c1-5-6-7-24(29)26-19-11-8-17(9-12-19)23(28)15-22-21-14-20(30-4)13-10-18(21)16-25(2,3)27-22/h8-15,27H,5-7,16H2,1-4H3,(H,26,29). The number of methoxy groups -OCH3 is 1. The summed E-state index contributed by atoms with van der Waals surface area (Å²) < 4.78 is 5.37. The fraction of sp³-hybridized carbons (Fsp3) is 0.360. The van der Waals surface area contributed by atoms with Gasteiger partial charge in [0.05, 0.1) is 7.11 Å². The van der Waals surface area contributed by atoms with E-state index >= 15 is 0 Å². The Morgan fingerprint density at radius 2 is 1.90 bits per heavy atom. The SMILES string of the molecule is CCCCC(=O)Nc1ccc(C(=O)C=C2NC(C)(C)Cc3ccc(OC)cc32)cc1. The maximum atomic E-state index is 12.9. The Morgan fingerprint density at radius 3 is 2.57 bits per heavy atom. The minimum Gasteiger partial charge on any atom is -0.497 e. The third kappa shape index (κ3) is 5.29. The molecular formula is C25H30N2O3. The van der Waals surface area contributed by atoms with Crippen LogP contribution in [0.3, 0.4) is 0 Å². The van der Waals surface area contributed by atoms with Gasteiger partial charge in [0.2, 0.25) is 5.91 Å². The van der Waals surface area contributed by atoms with Crippen molar-refractivity contribution in [2.24, 2.45) is 0 Å². The summed E-state index contributed by atoms with van der Waals surface area (Å²) in [5.41, 5.74) is 4.09. The van der Waals surface area contributed by atoms with Crippen LogP contribution >= 0.6 is 0 Å². The molecule has 158 valence electrons. The van der Waals surface area contributed by atoms with Crippen LogP contribution in [0.5, 0.6) is 5.75 Å². The second kappa shape index (κ2) is 9.16. The number of ether oxygens (including phenoxy) is 1. The molecule has 0 spiro atoms. The summed E-state index contributed by atoms with van der Waals surface area (Å²) in [4.78, 5) is 24.8. The number of benzene rings is 2. The van der Waals surface area contributed by atoms with Crippen molar-refractivity contribution in [2.45, 2.75) is 52.0 Å². The van der Waals surface area contributed by atoms with Crippen LogP contribution in [0.2, 0.25) is 0 Å². The number of rotatable bonds is 7. The number of amides is 1. The van der Waals surface area contributed by atoms with Gasteiger partial charge in [0, 0.05) is 40.5 Å². The van der Waals surface area contributed by atoms with Gasteiger partial charge in [-0.05, 0) is 68.7 Å². The van der Waals surface area contributed by atoms with Crippen LogP contribution < -0.4 is 15.4 Å². The Morgan fingerprint density at radius 1 is 1.17 bits per heavy atom. The van der Waals surface area contributed by atoms with Gasteiger partial charge in [0.25, 0.3) is 0 Å². The van der Waals surface area contributed by atoms with Crippen LogP contribution in [0.15, 0.2) is 48.5 Å². The lowest BCUT2D eigenvalue weighted by Crippen LogP contribution is -2.43. The topological polar surface area (TPSA) is 67.4 Å². The number of ketones is 1. The van der Waals surface area contributed by atoms with Gasteiger partial charge in [0.15, 0.2) is 5.78 Å². The van der Waals surface area contributed by atoms with E-state index in [1.807, 2.05) is 12.1 Å². The Kier molecular flexibility index (Phi) is 6.60. The molecule has 5 nitrogen and oxygen atoms in total. The minimum atomic E-state index is -0.152. The largest absolute Gasteiger partial charge is 0.497 e. The summed E-state index contributed by atoms with van der Waals surface area (Å²) in [5.74, 6) is 0.668. The molecule has 30 heavy (non-hydrogen) atoms. The molecule has 1 amide bonds. The van der Waals surface area contributed by atoms with E-state index in [-0.39, 0.29) is 17.2 Å². The van der Waals surface area contributed by atoms with E-state index in [4.69, 9.17) is 4.74 Å². The molecule has 2 aromatic rings. The Bertz CT molecular complexity index is 959. The molecule has 0 aliphatic carbocycles. The van der Waals surface area contributed by atoms with Gasteiger partial charge in [-0.3, -0.25) is 9.59 Å². The van der Waals surface area contributed by atoms with Gasteiger partial charge in [0.1, 0.15) is 5.75 Å². The third-order valence-electron chi connectivity index (χ3n) is 5.20. The van der Waals surface area contributed by atoms with Gasteiger partial charge in [-0.1, -0.05) is 19.4 Å². The zero-order chi connectivity index (χ0) is 21.7. The van der Waals surface area contributed by atoms with Gasteiger partial charge in [-0.25, -0.2) is 0 Å². The van der Waals surface area contributed by atoms with Crippen molar-refractivity contribution in [3.8, 4) is 5.75 Å². The number of carbonyl (C=O) groups is 2. The Balaban J connectivity index is 1.81. The summed E-state index contributed by atoms with van der Waals surface area (Å²) in [6.07, 6.45) is 4.87. The first-order chi connectivity index (χ1) is 14.3. The zero-order valence-corrected chi connectivity index (χ0v) is 18.2. The van der Waals surface area contributed by atoms with Gasteiger partial charge >= 0.3 is 0 Å². The van der Waals surface area contributed by atoms with E-state index in [2.05, 4.69) is 37.5 Å². The summed E-state index contributed by atoms with van der Waals surface area (Å²) >= 11 is 0. The number of nitrogens with one attached hydrogen (secondary N) is 2. The van der Waals surface area contributed by atoms with Crippen molar-refractivity contribution in [3.63, 3.8) is 0 Å². The summed E-state index contributed by atoms with van der Waals surface area (Å²) in [7, 11) is 1.64. The molecule has 0 radical (unpaired) electrons. The van der Waals surface area contributed by atoms with Gasteiger partial charge < -0.3 is 15.4 Å². The molecule has 2 aromatic carbocycles. The molecule has 0 unspecified atom stereocenters. The molecular weight excluding hydrogens is 376 g/mol. The fourth-order valence-corrected chi connectivity index (χ4v) is 3.65. The first-order valence-corrected chi connectivity index (χ1v) is 10.4. The molecule has 0 saturated carbocycles. The van der Waals surface area contributed by atoms with Crippen LogP contribution in [-0.2, 0) is 11.2 Å². The molecule has 5 heteroatoms. The van der Waals surface area contributed by atoms with Crippen LogP contribution in [0.1, 0.15) is 61.5 Å². The van der Waals surface area contributed by atoms with Crippen molar-refractivity contribution in [1.82, 2.24) is 5.32 Å². The zero-order valence-electron chi connectivity index (χ0n) is 18.2. The highest BCUT2D eigenvalue weighted by Crippen LogP contribution is 2.32. The lowest BCUT2D eigenvalue weighted by atomic mass is 9.85. The normalized spacial score (nSPS) is 15.8. The maximum absolute atomic E-state index is 12.9. The molecule has 1 aliphatic rings. The number of hydrogen-bond donors (Lipinski definition) is 2. The summed E-state index contributed by atoms with van der Waals surface area (Å²) in [6, 6.07) is 13.0. The molecule has 3 rings (SSSR count). The molecule has 0 saturated heterocycles. The molecule has 1 aliphatic heterocycles. The molecule has 0 atom stereocenters. The molecule has 0 fully saturated rings. The van der Waals surface area contributed by atoms with Gasteiger partial charge in [-0.2, -0.15) is 0 Å². The first kappa shape index (κ1) is 21.6. The number of anilines is 1. The van der Waals surface area contributed by atoms with Crippen molar-refractivity contribution in [3.05, 3.63) is 65.2 Å². The number of hydrogen-bond acceptors (Lipinski definition) is 4. The molecule has 0 bridgehead atoms. The van der Waals surface area contributed by atoms with Crippen molar-refractivity contribution in [1.29, 1.82) is 0 Å². The second-order valence-corrected chi connectivity index (χ2v) is 8.36. The van der Waals surface area contributed by atoms with E-state index in [0.717, 1.165) is 36.3 Å². The van der Waals surface area contributed by atoms with Crippen LogP contribution in [0.25, 0.3) is 5.70 Å². The highest BCUT2D eigenvalue weighted by Gasteiger charge is 2.28. The van der Waals surface area contributed by atoms with Crippen LogP contribution in [0, 0.1) is 0 Å². The Hall–Kier alpha value is -3.08. The molecule has 2 N–H and O–H groups in total. The maximum Gasteiger partial charge on any atom is 0.224 e. The van der Waals surface area contributed by atoms with E-state index in [9.17, 15) is 9.59 Å². The monoisotopic (exact) mass is 406 g/mol. The lowest BCUT2D eigenvalue weighted by Gasteiger charge is -2.35. The summed E-state index contributed by atoms with van der Waals surface area (Å²) in [6.45, 7) is 6.29. The van der Waals surface area contributed by atoms with Crippen molar-refractivity contribution in [2.75, 3.05) is 12.4 Å². The molecule has 0 aromatic heterocycles. The number of allylic oxidation sites excluding steroid dienone is 1. The van der Waals surface area contributed by atoms with Gasteiger partial charge in [-0.15, -0.1) is 0 Å². The number of unbranched alkanes of at least 4 members (excludes halogenated alkanes) is 1. The van der Waals surface area contributed by atoms with E-state index in [1.54, 1.807) is 37.5 Å².